The Morgan fingerprint density at radius 3 is 1.96 bits per heavy atom. The van der Waals surface area contributed by atoms with Gasteiger partial charge in [-0.25, -0.2) is 0 Å². The van der Waals surface area contributed by atoms with E-state index in [1.165, 1.54) is 0 Å². The largest absolute Gasteiger partial charge is 0.356 e. The molecule has 0 unspecified atom stereocenters. The molecule has 1 saturated heterocycles. The molecule has 1 fully saturated rings. The molecule has 0 radical (unpaired) electrons. The summed E-state index contributed by atoms with van der Waals surface area (Å²) < 4.78 is 0. The van der Waals surface area contributed by atoms with Gasteiger partial charge in [-0.2, -0.15) is 0 Å². The maximum Gasteiger partial charge on any atom is 0.224 e. The maximum absolute atomic E-state index is 12.5. The van der Waals surface area contributed by atoms with Crippen molar-refractivity contribution in [3.63, 3.8) is 0 Å². The van der Waals surface area contributed by atoms with Crippen LogP contribution in [-0.2, 0) is 9.59 Å². The minimum absolute atomic E-state index is 0.0167. The van der Waals surface area contributed by atoms with Crippen molar-refractivity contribution in [2.24, 2.45) is 0 Å². The molecule has 4 nitrogen and oxygen atoms in total. The first-order valence-corrected chi connectivity index (χ1v) is 9.38. The average molecular weight is 350 g/mol. The molecular weight excluding hydrogens is 324 g/mol. The Labute approximate surface area is 155 Å². The number of rotatable bonds is 7. The number of benzene rings is 2. The monoisotopic (exact) mass is 350 g/mol. The van der Waals surface area contributed by atoms with Crippen LogP contribution in [0.3, 0.4) is 0 Å². The highest BCUT2D eigenvalue weighted by atomic mass is 16.2. The highest BCUT2D eigenvalue weighted by Gasteiger charge is 2.20. The third-order valence-corrected chi connectivity index (χ3v) is 4.91. The van der Waals surface area contributed by atoms with Crippen molar-refractivity contribution in [2.45, 2.75) is 31.6 Å². The molecular formula is C22H26N2O2. The van der Waals surface area contributed by atoms with Crippen molar-refractivity contribution in [1.29, 1.82) is 0 Å². The van der Waals surface area contributed by atoms with E-state index in [0.717, 1.165) is 37.1 Å². The van der Waals surface area contributed by atoms with E-state index in [1.807, 2.05) is 41.3 Å². The lowest BCUT2D eigenvalue weighted by Gasteiger charge is -2.18. The lowest BCUT2D eigenvalue weighted by Crippen LogP contribution is -2.33. The van der Waals surface area contributed by atoms with E-state index in [0.29, 0.717) is 19.4 Å². The van der Waals surface area contributed by atoms with Crippen LogP contribution in [0.15, 0.2) is 60.7 Å². The number of hydrogen-bond acceptors (Lipinski definition) is 2. The zero-order chi connectivity index (χ0) is 18.2. The van der Waals surface area contributed by atoms with Gasteiger partial charge < -0.3 is 10.2 Å². The zero-order valence-electron chi connectivity index (χ0n) is 15.1. The number of amides is 2. The number of likely N-dealkylation sites (tertiary alicyclic amines) is 1. The van der Waals surface area contributed by atoms with Crippen LogP contribution in [0.2, 0.25) is 0 Å². The fourth-order valence-corrected chi connectivity index (χ4v) is 3.49. The minimum atomic E-state index is -0.0167. The van der Waals surface area contributed by atoms with Gasteiger partial charge in [0.15, 0.2) is 0 Å². The normalized spacial score (nSPS) is 13.8. The van der Waals surface area contributed by atoms with Crippen molar-refractivity contribution in [2.75, 3.05) is 19.6 Å². The molecule has 1 aliphatic heterocycles. The second kappa shape index (κ2) is 9.18. The van der Waals surface area contributed by atoms with Crippen molar-refractivity contribution in [1.82, 2.24) is 10.2 Å². The van der Waals surface area contributed by atoms with Crippen LogP contribution < -0.4 is 5.32 Å². The van der Waals surface area contributed by atoms with Crippen LogP contribution in [0.25, 0.3) is 0 Å². The molecule has 3 rings (SSSR count). The van der Waals surface area contributed by atoms with Gasteiger partial charge in [-0.15, -0.1) is 0 Å². The highest BCUT2D eigenvalue weighted by molar-refractivity contribution is 5.80. The smallest absolute Gasteiger partial charge is 0.224 e. The molecule has 0 bridgehead atoms. The summed E-state index contributed by atoms with van der Waals surface area (Å²) in [4.78, 5) is 26.4. The SMILES string of the molecule is O=C(CC(c1ccccc1)c1ccccc1)NCCC(=O)N1CCCC1. The Hall–Kier alpha value is -2.62. The van der Waals surface area contributed by atoms with Crippen LogP contribution in [0.5, 0.6) is 0 Å². The average Bonchev–Trinajstić information content (AvgIpc) is 3.22. The van der Waals surface area contributed by atoms with Gasteiger partial charge in [0.2, 0.25) is 11.8 Å². The molecule has 1 heterocycles. The third kappa shape index (κ3) is 4.94. The van der Waals surface area contributed by atoms with Gasteiger partial charge in [0, 0.05) is 38.4 Å². The van der Waals surface area contributed by atoms with E-state index >= 15 is 0 Å². The van der Waals surface area contributed by atoms with Gasteiger partial charge in [0.25, 0.3) is 0 Å². The molecule has 0 spiro atoms. The molecule has 2 aromatic rings. The molecule has 0 aromatic heterocycles. The first-order valence-electron chi connectivity index (χ1n) is 9.38. The second-order valence-corrected chi connectivity index (χ2v) is 6.77. The molecule has 0 aliphatic carbocycles. The predicted molar refractivity (Wildman–Crippen MR) is 103 cm³/mol. The summed E-state index contributed by atoms with van der Waals surface area (Å²) in [6.07, 6.45) is 2.95. The van der Waals surface area contributed by atoms with E-state index in [2.05, 4.69) is 29.6 Å². The van der Waals surface area contributed by atoms with Gasteiger partial charge in [-0.1, -0.05) is 60.7 Å². The van der Waals surface area contributed by atoms with Gasteiger partial charge in [-0.3, -0.25) is 9.59 Å². The first kappa shape index (κ1) is 18.2. The summed E-state index contributed by atoms with van der Waals surface area (Å²) >= 11 is 0. The van der Waals surface area contributed by atoms with Crippen LogP contribution in [-0.4, -0.2) is 36.3 Å². The lowest BCUT2D eigenvalue weighted by molar-refractivity contribution is -0.130. The topological polar surface area (TPSA) is 49.4 Å². The fourth-order valence-electron chi connectivity index (χ4n) is 3.49. The van der Waals surface area contributed by atoms with E-state index in [-0.39, 0.29) is 17.7 Å². The Morgan fingerprint density at radius 2 is 1.42 bits per heavy atom. The summed E-state index contributed by atoms with van der Waals surface area (Å²) in [6.45, 7) is 2.12. The Morgan fingerprint density at radius 1 is 0.885 bits per heavy atom. The number of nitrogens with one attached hydrogen (secondary N) is 1. The standard InChI is InChI=1S/C22H26N2O2/c25-21(23-14-13-22(26)24-15-7-8-16-24)17-20(18-9-3-1-4-10-18)19-11-5-2-6-12-19/h1-6,9-12,20H,7-8,13-17H2,(H,23,25). The first-order chi connectivity index (χ1) is 12.7. The lowest BCUT2D eigenvalue weighted by atomic mass is 9.88. The Balaban J connectivity index is 1.56. The number of nitrogens with zero attached hydrogens (tertiary/aromatic N) is 1. The van der Waals surface area contributed by atoms with Crippen molar-refractivity contribution < 1.29 is 9.59 Å². The minimum Gasteiger partial charge on any atom is -0.356 e. The summed E-state index contributed by atoms with van der Waals surface area (Å²) in [5, 5.41) is 2.92. The quantitative estimate of drug-likeness (QED) is 0.833. The third-order valence-electron chi connectivity index (χ3n) is 4.91. The summed E-state index contributed by atoms with van der Waals surface area (Å²) in [5.74, 6) is 0.147. The van der Waals surface area contributed by atoms with Crippen molar-refractivity contribution in [3.8, 4) is 0 Å². The summed E-state index contributed by atoms with van der Waals surface area (Å²) in [7, 11) is 0. The summed E-state index contributed by atoms with van der Waals surface area (Å²) in [6, 6.07) is 20.2. The Bertz CT molecular complexity index is 670. The van der Waals surface area contributed by atoms with Gasteiger partial charge in [0.05, 0.1) is 0 Å². The number of hydrogen-bond donors (Lipinski definition) is 1. The van der Waals surface area contributed by atoms with Crippen LogP contribution in [0, 0.1) is 0 Å². The number of carbonyl (C=O) groups is 2. The maximum atomic E-state index is 12.5. The molecule has 1 N–H and O–H groups in total. The van der Waals surface area contributed by atoms with Gasteiger partial charge >= 0.3 is 0 Å². The van der Waals surface area contributed by atoms with E-state index in [4.69, 9.17) is 0 Å². The van der Waals surface area contributed by atoms with E-state index in [1.54, 1.807) is 0 Å². The zero-order valence-corrected chi connectivity index (χ0v) is 15.1. The van der Waals surface area contributed by atoms with Crippen LogP contribution in [0.4, 0.5) is 0 Å². The van der Waals surface area contributed by atoms with Crippen molar-refractivity contribution >= 4 is 11.8 Å². The van der Waals surface area contributed by atoms with Crippen LogP contribution >= 0.6 is 0 Å². The van der Waals surface area contributed by atoms with Gasteiger partial charge in [0.1, 0.15) is 0 Å². The fraction of sp³-hybridized carbons (Fsp3) is 0.364. The summed E-state index contributed by atoms with van der Waals surface area (Å²) in [5.41, 5.74) is 2.25. The molecule has 0 atom stereocenters. The van der Waals surface area contributed by atoms with Crippen LogP contribution in [0.1, 0.15) is 42.7 Å². The van der Waals surface area contributed by atoms with Crippen molar-refractivity contribution in [3.05, 3.63) is 71.8 Å². The van der Waals surface area contributed by atoms with E-state index in [9.17, 15) is 9.59 Å². The predicted octanol–water partition coefficient (Wildman–Crippen LogP) is 3.34. The molecule has 2 amide bonds. The molecule has 1 aliphatic rings. The van der Waals surface area contributed by atoms with Gasteiger partial charge in [-0.05, 0) is 24.0 Å². The highest BCUT2D eigenvalue weighted by Crippen LogP contribution is 2.27. The molecule has 26 heavy (non-hydrogen) atoms. The molecule has 136 valence electrons. The molecule has 2 aromatic carbocycles. The second-order valence-electron chi connectivity index (χ2n) is 6.77. The molecule has 0 saturated carbocycles. The Kier molecular flexibility index (Phi) is 6.42. The molecule has 4 heteroatoms. The number of carbonyl (C=O) groups excluding carboxylic acids is 2. The van der Waals surface area contributed by atoms with E-state index < -0.39 is 0 Å².